The Kier molecular flexibility index (Phi) is 2.95. The molecule has 1 unspecified atom stereocenters. The number of benzene rings is 1. The highest BCUT2D eigenvalue weighted by atomic mass is 16.1. The molecule has 15 heavy (non-hydrogen) atoms. The maximum atomic E-state index is 11.3. The lowest BCUT2D eigenvalue weighted by Gasteiger charge is -2.21. The average Bonchev–Trinajstić information content (AvgIpc) is 2.29. The lowest BCUT2D eigenvalue weighted by molar-refractivity contribution is -0.120. The van der Waals surface area contributed by atoms with Gasteiger partial charge in [0.15, 0.2) is 0 Å². The highest BCUT2D eigenvalue weighted by Crippen LogP contribution is 2.30. The van der Waals surface area contributed by atoms with Crippen molar-refractivity contribution in [3.63, 3.8) is 0 Å². The monoisotopic (exact) mass is 202 g/mol. The minimum Gasteiger partial charge on any atom is -0.300 e. The molecule has 1 aromatic carbocycles. The van der Waals surface area contributed by atoms with Crippen LogP contribution in [-0.4, -0.2) is 12.1 Å². The molecule has 0 aliphatic heterocycles. The molecule has 0 N–H and O–H groups in total. The summed E-state index contributed by atoms with van der Waals surface area (Å²) in [7, 11) is 0. The molecule has 0 bridgehead atoms. The number of carbonyl (C=O) groups excluding carboxylic acids is 2. The summed E-state index contributed by atoms with van der Waals surface area (Å²) < 4.78 is 0. The van der Waals surface area contributed by atoms with Crippen LogP contribution in [0.3, 0.4) is 0 Å². The number of rotatable bonds is 2. The fourth-order valence-electron chi connectivity index (χ4n) is 2.20. The smallest absolute Gasteiger partial charge is 0.150 e. The molecule has 2 rings (SSSR count). The van der Waals surface area contributed by atoms with E-state index in [-0.39, 0.29) is 0 Å². The van der Waals surface area contributed by atoms with E-state index in [2.05, 4.69) is 0 Å². The van der Waals surface area contributed by atoms with Crippen LogP contribution in [0.25, 0.3) is 0 Å². The number of ketones is 1. The van der Waals surface area contributed by atoms with Crippen LogP contribution in [-0.2, 0) is 4.79 Å². The Morgan fingerprint density at radius 2 is 2.20 bits per heavy atom. The minimum atomic E-state index is 0.325. The molecule has 1 fully saturated rings. The molecule has 1 aliphatic carbocycles. The quantitative estimate of drug-likeness (QED) is 0.691. The van der Waals surface area contributed by atoms with E-state index in [4.69, 9.17) is 0 Å². The first kappa shape index (κ1) is 10.1. The van der Waals surface area contributed by atoms with E-state index < -0.39 is 0 Å². The summed E-state index contributed by atoms with van der Waals surface area (Å²) in [4.78, 5) is 22.0. The van der Waals surface area contributed by atoms with Crippen molar-refractivity contribution in [2.24, 2.45) is 0 Å². The average molecular weight is 202 g/mol. The van der Waals surface area contributed by atoms with Crippen molar-refractivity contribution < 1.29 is 9.59 Å². The van der Waals surface area contributed by atoms with Crippen molar-refractivity contribution >= 4 is 12.1 Å². The maximum Gasteiger partial charge on any atom is 0.150 e. The summed E-state index contributed by atoms with van der Waals surface area (Å²) in [6, 6.07) is 7.59. The van der Waals surface area contributed by atoms with E-state index in [0.29, 0.717) is 23.7 Å². The minimum absolute atomic E-state index is 0.325. The molecule has 1 aliphatic rings. The third-order valence-corrected chi connectivity index (χ3v) is 3.00. The van der Waals surface area contributed by atoms with Gasteiger partial charge in [0.2, 0.25) is 0 Å². The van der Waals surface area contributed by atoms with Crippen molar-refractivity contribution in [1.82, 2.24) is 0 Å². The first-order chi connectivity index (χ1) is 7.29. The van der Waals surface area contributed by atoms with Crippen molar-refractivity contribution in [2.75, 3.05) is 0 Å². The summed E-state index contributed by atoms with van der Waals surface area (Å²) in [6.07, 6.45) is 4.27. The van der Waals surface area contributed by atoms with Gasteiger partial charge >= 0.3 is 0 Å². The van der Waals surface area contributed by atoms with Crippen molar-refractivity contribution in [1.29, 1.82) is 0 Å². The highest BCUT2D eigenvalue weighted by Gasteiger charge is 2.20. The molecule has 0 amide bonds. The molecule has 0 spiro atoms. The van der Waals surface area contributed by atoms with E-state index in [0.717, 1.165) is 31.1 Å². The summed E-state index contributed by atoms with van der Waals surface area (Å²) >= 11 is 0. The zero-order valence-electron chi connectivity index (χ0n) is 8.61. The van der Waals surface area contributed by atoms with Gasteiger partial charge in [0.1, 0.15) is 12.1 Å². The van der Waals surface area contributed by atoms with Crippen LogP contribution >= 0.6 is 0 Å². The van der Waals surface area contributed by atoms with E-state index in [1.165, 1.54) is 0 Å². The van der Waals surface area contributed by atoms with E-state index in [9.17, 15) is 9.59 Å². The van der Waals surface area contributed by atoms with Gasteiger partial charge in [0, 0.05) is 18.4 Å². The number of Topliss-reactive ketones (excluding diaryl/α,β-unsaturated/α-hetero) is 1. The van der Waals surface area contributed by atoms with Gasteiger partial charge in [0.05, 0.1) is 0 Å². The normalized spacial score (nSPS) is 21.3. The second-order valence-corrected chi connectivity index (χ2v) is 4.12. The van der Waals surface area contributed by atoms with Gasteiger partial charge in [-0.05, 0) is 30.4 Å². The third kappa shape index (κ3) is 2.32. The van der Waals surface area contributed by atoms with Crippen LogP contribution in [0.1, 0.15) is 47.5 Å². The van der Waals surface area contributed by atoms with E-state index >= 15 is 0 Å². The fraction of sp³-hybridized carbons (Fsp3) is 0.385. The number of hydrogen-bond donors (Lipinski definition) is 0. The standard InChI is InChI=1S/C13H14O2/c14-9-10-3-1-4-11(7-10)12-5-2-6-13(15)8-12/h1,3-4,7,9,12H,2,5-6,8H2. The summed E-state index contributed by atoms with van der Waals surface area (Å²) in [5.74, 6) is 0.675. The molecule has 78 valence electrons. The van der Waals surface area contributed by atoms with Gasteiger partial charge in [-0.3, -0.25) is 9.59 Å². The number of aldehydes is 1. The Labute approximate surface area is 89.3 Å². The van der Waals surface area contributed by atoms with Crippen LogP contribution in [0.5, 0.6) is 0 Å². The van der Waals surface area contributed by atoms with Crippen LogP contribution in [0.2, 0.25) is 0 Å². The van der Waals surface area contributed by atoms with Crippen molar-refractivity contribution in [3.8, 4) is 0 Å². The third-order valence-electron chi connectivity index (χ3n) is 3.00. The second kappa shape index (κ2) is 4.39. The fourth-order valence-corrected chi connectivity index (χ4v) is 2.20. The van der Waals surface area contributed by atoms with Gasteiger partial charge < -0.3 is 0 Å². The predicted molar refractivity (Wildman–Crippen MR) is 58.0 cm³/mol. The number of carbonyl (C=O) groups is 2. The van der Waals surface area contributed by atoms with E-state index in [1.807, 2.05) is 18.2 Å². The molecule has 0 saturated heterocycles. The molecule has 2 heteroatoms. The molecule has 1 atom stereocenters. The summed E-state index contributed by atoms with van der Waals surface area (Å²) in [5.41, 5.74) is 1.83. The Hall–Kier alpha value is -1.44. The molecule has 2 nitrogen and oxygen atoms in total. The lowest BCUT2D eigenvalue weighted by atomic mass is 9.83. The molecule has 0 aromatic heterocycles. The van der Waals surface area contributed by atoms with Crippen LogP contribution < -0.4 is 0 Å². The van der Waals surface area contributed by atoms with Gasteiger partial charge in [-0.2, -0.15) is 0 Å². The Morgan fingerprint density at radius 1 is 1.33 bits per heavy atom. The first-order valence-corrected chi connectivity index (χ1v) is 5.36. The van der Waals surface area contributed by atoms with Crippen molar-refractivity contribution in [3.05, 3.63) is 35.4 Å². The highest BCUT2D eigenvalue weighted by molar-refractivity contribution is 5.80. The van der Waals surface area contributed by atoms with Gasteiger partial charge in [-0.15, -0.1) is 0 Å². The summed E-state index contributed by atoms with van der Waals surface area (Å²) in [6.45, 7) is 0. The predicted octanol–water partition coefficient (Wildman–Crippen LogP) is 2.73. The van der Waals surface area contributed by atoms with Gasteiger partial charge in [-0.25, -0.2) is 0 Å². The molecular formula is C13H14O2. The zero-order chi connectivity index (χ0) is 10.7. The molecule has 0 heterocycles. The Bertz CT molecular complexity index is 382. The maximum absolute atomic E-state index is 11.3. The molecule has 1 saturated carbocycles. The Morgan fingerprint density at radius 3 is 2.93 bits per heavy atom. The largest absolute Gasteiger partial charge is 0.300 e. The van der Waals surface area contributed by atoms with Crippen molar-refractivity contribution in [2.45, 2.75) is 31.6 Å². The molecule has 0 radical (unpaired) electrons. The SMILES string of the molecule is O=Cc1cccc(C2CCCC(=O)C2)c1. The van der Waals surface area contributed by atoms with Crippen LogP contribution in [0, 0.1) is 0 Å². The van der Waals surface area contributed by atoms with E-state index in [1.54, 1.807) is 6.07 Å². The summed E-state index contributed by atoms with van der Waals surface area (Å²) in [5, 5.41) is 0. The molecular weight excluding hydrogens is 188 g/mol. The van der Waals surface area contributed by atoms with Crippen LogP contribution in [0.4, 0.5) is 0 Å². The first-order valence-electron chi connectivity index (χ1n) is 5.36. The molecule has 1 aromatic rings. The Balaban J connectivity index is 2.20. The van der Waals surface area contributed by atoms with Gasteiger partial charge in [0.25, 0.3) is 0 Å². The zero-order valence-corrected chi connectivity index (χ0v) is 8.61. The topological polar surface area (TPSA) is 34.1 Å². The second-order valence-electron chi connectivity index (χ2n) is 4.12. The van der Waals surface area contributed by atoms with Gasteiger partial charge in [-0.1, -0.05) is 18.2 Å². The number of hydrogen-bond acceptors (Lipinski definition) is 2. The van der Waals surface area contributed by atoms with Crippen LogP contribution in [0.15, 0.2) is 24.3 Å². The lowest BCUT2D eigenvalue weighted by Crippen LogP contribution is -2.13.